The van der Waals surface area contributed by atoms with E-state index < -0.39 is 0 Å². The quantitative estimate of drug-likeness (QED) is 0.608. The molecule has 0 bridgehead atoms. The molecule has 0 fully saturated rings. The summed E-state index contributed by atoms with van der Waals surface area (Å²) in [4.78, 5) is 11.1. The lowest BCUT2D eigenvalue weighted by Crippen LogP contribution is -1.88. The molecule has 0 aliphatic rings. The second-order valence-corrected chi connectivity index (χ2v) is 4.89. The van der Waals surface area contributed by atoms with E-state index in [0.717, 1.165) is 28.3 Å². The van der Waals surface area contributed by atoms with Gasteiger partial charge in [0, 0.05) is 10.0 Å². The molecule has 0 spiro atoms. The maximum atomic E-state index is 11.1. The number of hydrogen-bond donors (Lipinski definition) is 0. The number of allylic oxidation sites excluding steroid dienone is 2. The molecule has 0 unspecified atom stereocenters. The summed E-state index contributed by atoms with van der Waals surface area (Å²) in [5.41, 5.74) is 2.89. The third-order valence-corrected chi connectivity index (χ3v) is 3.23. The molecular formula is C16H13BrO. The highest BCUT2D eigenvalue weighted by molar-refractivity contribution is 9.10. The van der Waals surface area contributed by atoms with Crippen molar-refractivity contribution in [1.82, 2.24) is 0 Å². The zero-order valence-corrected chi connectivity index (χ0v) is 11.4. The van der Waals surface area contributed by atoms with Crippen LogP contribution in [-0.2, 0) is 11.2 Å². The number of aldehydes is 1. The van der Waals surface area contributed by atoms with E-state index in [0.29, 0.717) is 0 Å². The van der Waals surface area contributed by atoms with Gasteiger partial charge in [-0.3, -0.25) is 4.79 Å². The Kier molecular flexibility index (Phi) is 4.48. The van der Waals surface area contributed by atoms with Gasteiger partial charge in [-0.05, 0) is 29.7 Å². The Morgan fingerprint density at radius 3 is 2.28 bits per heavy atom. The fourth-order valence-corrected chi connectivity index (χ4v) is 1.98. The molecule has 2 heteroatoms. The molecule has 0 heterocycles. The molecule has 0 atom stereocenters. The Labute approximate surface area is 115 Å². The Hall–Kier alpha value is -1.67. The molecule has 0 amide bonds. The Balaban J connectivity index is 2.16. The van der Waals surface area contributed by atoms with Crippen LogP contribution in [0.25, 0.3) is 5.57 Å². The number of benzene rings is 2. The average molecular weight is 301 g/mol. The lowest BCUT2D eigenvalue weighted by Gasteiger charge is -2.01. The number of carbonyl (C=O) groups excluding carboxylic acids is 1. The lowest BCUT2D eigenvalue weighted by atomic mass is 10.0. The van der Waals surface area contributed by atoms with Crippen LogP contribution in [0.2, 0.25) is 0 Å². The average Bonchev–Trinajstić information content (AvgIpc) is 2.43. The summed E-state index contributed by atoms with van der Waals surface area (Å²) >= 11 is 3.40. The van der Waals surface area contributed by atoms with Gasteiger partial charge in [-0.25, -0.2) is 0 Å². The molecule has 2 rings (SSSR count). The monoisotopic (exact) mass is 300 g/mol. The number of rotatable bonds is 4. The smallest absolute Gasteiger partial charge is 0.150 e. The van der Waals surface area contributed by atoms with Crippen molar-refractivity contribution in [3.63, 3.8) is 0 Å². The van der Waals surface area contributed by atoms with Gasteiger partial charge in [0.15, 0.2) is 0 Å². The van der Waals surface area contributed by atoms with Crippen molar-refractivity contribution < 1.29 is 4.79 Å². The summed E-state index contributed by atoms with van der Waals surface area (Å²) in [5.74, 6) is 0. The zero-order chi connectivity index (χ0) is 12.8. The Morgan fingerprint density at radius 1 is 1.00 bits per heavy atom. The Bertz CT molecular complexity index is 541. The van der Waals surface area contributed by atoms with Gasteiger partial charge in [-0.2, -0.15) is 0 Å². The van der Waals surface area contributed by atoms with Crippen LogP contribution < -0.4 is 0 Å². The highest BCUT2D eigenvalue weighted by Gasteiger charge is 1.99. The molecule has 90 valence electrons. The van der Waals surface area contributed by atoms with Gasteiger partial charge < -0.3 is 0 Å². The third kappa shape index (κ3) is 3.41. The lowest BCUT2D eigenvalue weighted by molar-refractivity contribution is -0.103. The maximum Gasteiger partial charge on any atom is 0.150 e. The summed E-state index contributed by atoms with van der Waals surface area (Å²) in [6, 6.07) is 17.8. The first-order valence-electron chi connectivity index (χ1n) is 5.75. The van der Waals surface area contributed by atoms with Crippen molar-refractivity contribution in [2.24, 2.45) is 0 Å². The predicted octanol–water partition coefficient (Wildman–Crippen LogP) is 4.27. The van der Waals surface area contributed by atoms with Crippen LogP contribution >= 0.6 is 15.9 Å². The minimum absolute atomic E-state index is 0.735. The van der Waals surface area contributed by atoms with Gasteiger partial charge >= 0.3 is 0 Å². The first-order valence-corrected chi connectivity index (χ1v) is 6.54. The van der Waals surface area contributed by atoms with Crippen LogP contribution in [0.15, 0.2) is 65.1 Å². The van der Waals surface area contributed by atoms with Gasteiger partial charge in [0.2, 0.25) is 0 Å². The van der Waals surface area contributed by atoms with E-state index in [-0.39, 0.29) is 0 Å². The van der Waals surface area contributed by atoms with E-state index in [1.807, 2.05) is 60.7 Å². The van der Waals surface area contributed by atoms with Gasteiger partial charge in [0.25, 0.3) is 0 Å². The molecule has 0 saturated heterocycles. The van der Waals surface area contributed by atoms with E-state index in [9.17, 15) is 4.79 Å². The molecule has 0 radical (unpaired) electrons. The van der Waals surface area contributed by atoms with E-state index in [1.54, 1.807) is 0 Å². The molecule has 2 aromatic carbocycles. The van der Waals surface area contributed by atoms with Crippen LogP contribution in [0.4, 0.5) is 0 Å². The molecule has 0 N–H and O–H groups in total. The zero-order valence-electron chi connectivity index (χ0n) is 9.84. The van der Waals surface area contributed by atoms with Gasteiger partial charge in [0.05, 0.1) is 0 Å². The minimum atomic E-state index is 0.735. The van der Waals surface area contributed by atoms with Crippen LogP contribution in [-0.4, -0.2) is 6.29 Å². The molecule has 2 aromatic rings. The van der Waals surface area contributed by atoms with Crippen molar-refractivity contribution in [2.45, 2.75) is 6.42 Å². The van der Waals surface area contributed by atoms with E-state index >= 15 is 0 Å². The second kappa shape index (κ2) is 6.31. The van der Waals surface area contributed by atoms with Crippen LogP contribution in [0.5, 0.6) is 0 Å². The van der Waals surface area contributed by atoms with Crippen molar-refractivity contribution >= 4 is 27.8 Å². The van der Waals surface area contributed by atoms with Gasteiger partial charge in [-0.1, -0.05) is 64.5 Å². The standard InChI is InChI=1S/C16H13BrO/c17-16-10-7-13(8-11-16)6-9-15(12-18)14-4-2-1-3-5-14/h1-5,7-12H,6H2. The minimum Gasteiger partial charge on any atom is -0.298 e. The Morgan fingerprint density at radius 2 is 1.67 bits per heavy atom. The van der Waals surface area contributed by atoms with Gasteiger partial charge in [0.1, 0.15) is 6.29 Å². The normalized spacial score (nSPS) is 11.3. The topological polar surface area (TPSA) is 17.1 Å². The molecule has 18 heavy (non-hydrogen) atoms. The highest BCUT2D eigenvalue weighted by atomic mass is 79.9. The van der Waals surface area contributed by atoms with Crippen LogP contribution in [0, 0.1) is 0 Å². The molecule has 0 saturated carbocycles. The van der Waals surface area contributed by atoms with E-state index in [1.165, 1.54) is 5.56 Å². The fraction of sp³-hybridized carbons (Fsp3) is 0.0625. The number of halogens is 1. The largest absolute Gasteiger partial charge is 0.298 e. The first-order chi connectivity index (χ1) is 8.79. The molecule has 0 aliphatic carbocycles. The van der Waals surface area contributed by atoms with E-state index in [2.05, 4.69) is 15.9 Å². The van der Waals surface area contributed by atoms with Gasteiger partial charge in [-0.15, -0.1) is 0 Å². The third-order valence-electron chi connectivity index (χ3n) is 2.71. The summed E-state index contributed by atoms with van der Waals surface area (Å²) < 4.78 is 1.06. The fourth-order valence-electron chi connectivity index (χ4n) is 1.71. The second-order valence-electron chi connectivity index (χ2n) is 3.97. The van der Waals surface area contributed by atoms with E-state index in [4.69, 9.17) is 0 Å². The SMILES string of the molecule is O=CC(=CCc1ccc(Br)cc1)c1ccccc1. The summed E-state index contributed by atoms with van der Waals surface area (Å²) in [5, 5.41) is 0. The number of carbonyl (C=O) groups is 1. The van der Waals surface area contributed by atoms with Crippen molar-refractivity contribution in [2.75, 3.05) is 0 Å². The van der Waals surface area contributed by atoms with Crippen molar-refractivity contribution in [3.8, 4) is 0 Å². The maximum absolute atomic E-state index is 11.1. The van der Waals surface area contributed by atoms with Crippen LogP contribution in [0.3, 0.4) is 0 Å². The van der Waals surface area contributed by atoms with Crippen LogP contribution in [0.1, 0.15) is 11.1 Å². The molecule has 1 nitrogen and oxygen atoms in total. The molecule has 0 aromatic heterocycles. The first kappa shape index (κ1) is 12.8. The summed E-state index contributed by atoms with van der Waals surface area (Å²) in [6.45, 7) is 0. The predicted molar refractivity (Wildman–Crippen MR) is 78.3 cm³/mol. The summed E-state index contributed by atoms with van der Waals surface area (Å²) in [7, 11) is 0. The molecule has 0 aliphatic heterocycles. The summed E-state index contributed by atoms with van der Waals surface area (Å²) in [6.07, 6.45) is 3.63. The molecular weight excluding hydrogens is 288 g/mol. The van der Waals surface area contributed by atoms with Crippen molar-refractivity contribution in [3.05, 3.63) is 76.3 Å². The highest BCUT2D eigenvalue weighted by Crippen LogP contribution is 2.15. The number of hydrogen-bond acceptors (Lipinski definition) is 1. The van der Waals surface area contributed by atoms with Crippen molar-refractivity contribution in [1.29, 1.82) is 0 Å².